The summed E-state index contributed by atoms with van der Waals surface area (Å²) >= 11 is 0. The average Bonchev–Trinajstić information content (AvgIpc) is 2.42. The first kappa shape index (κ1) is 15.2. The first-order chi connectivity index (χ1) is 9.74. The van der Waals surface area contributed by atoms with Gasteiger partial charge in [-0.2, -0.15) is 13.2 Å². The summed E-state index contributed by atoms with van der Waals surface area (Å²) in [7, 11) is 1.53. The zero-order valence-corrected chi connectivity index (χ0v) is 11.4. The van der Waals surface area contributed by atoms with Gasteiger partial charge in [0.2, 0.25) is 0 Å². The fraction of sp³-hybridized carbons (Fsp3) is 0.286. The summed E-state index contributed by atoms with van der Waals surface area (Å²) in [5, 5.41) is 2.29. The molecular weight excluding hydrogens is 283 g/mol. The molecule has 1 aromatic rings. The average molecular weight is 299 g/mol. The minimum Gasteiger partial charge on any atom is -0.497 e. The van der Waals surface area contributed by atoms with Crippen molar-refractivity contribution in [1.82, 2.24) is 5.32 Å². The molecule has 1 aliphatic rings. The van der Waals surface area contributed by atoms with Gasteiger partial charge in [0, 0.05) is 12.1 Å². The molecule has 2 rings (SSSR count). The third-order valence-electron chi connectivity index (χ3n) is 3.25. The summed E-state index contributed by atoms with van der Waals surface area (Å²) < 4.78 is 43.4. The van der Waals surface area contributed by atoms with Crippen LogP contribution in [0.5, 0.6) is 5.75 Å². The van der Waals surface area contributed by atoms with Gasteiger partial charge in [-0.05, 0) is 29.8 Å². The molecule has 1 aliphatic heterocycles. The molecule has 0 aliphatic carbocycles. The smallest absolute Gasteiger partial charge is 0.430 e. The lowest BCUT2D eigenvalue weighted by Gasteiger charge is -2.36. The normalized spacial score (nSPS) is 22.1. The highest BCUT2D eigenvalue weighted by atomic mass is 19.4. The van der Waals surface area contributed by atoms with E-state index in [9.17, 15) is 13.2 Å². The SMILES string of the molecule is COc1ccc(CC2(N)NC(C(F)(F)F)=CC=C2N)cc1. The summed E-state index contributed by atoms with van der Waals surface area (Å²) in [4.78, 5) is 0. The van der Waals surface area contributed by atoms with Crippen LogP contribution in [0.3, 0.4) is 0 Å². The van der Waals surface area contributed by atoms with Crippen molar-refractivity contribution in [1.29, 1.82) is 0 Å². The Kier molecular flexibility index (Phi) is 3.87. The maximum absolute atomic E-state index is 12.8. The molecule has 1 unspecified atom stereocenters. The third kappa shape index (κ3) is 3.30. The summed E-state index contributed by atoms with van der Waals surface area (Å²) in [6, 6.07) is 6.88. The Morgan fingerprint density at radius 2 is 1.81 bits per heavy atom. The minimum absolute atomic E-state index is 0.118. The van der Waals surface area contributed by atoms with Crippen molar-refractivity contribution in [3.8, 4) is 5.75 Å². The predicted octanol–water partition coefficient (Wildman–Crippen LogP) is 1.78. The molecule has 4 nitrogen and oxygen atoms in total. The van der Waals surface area contributed by atoms with Gasteiger partial charge < -0.3 is 21.5 Å². The van der Waals surface area contributed by atoms with Crippen LogP contribution in [0.2, 0.25) is 0 Å². The number of nitrogens with one attached hydrogen (secondary N) is 1. The van der Waals surface area contributed by atoms with Crippen molar-refractivity contribution in [3.05, 3.63) is 53.4 Å². The molecule has 0 spiro atoms. The van der Waals surface area contributed by atoms with E-state index in [1.165, 1.54) is 13.2 Å². The van der Waals surface area contributed by atoms with Gasteiger partial charge in [0.1, 0.15) is 17.1 Å². The van der Waals surface area contributed by atoms with Gasteiger partial charge in [0.25, 0.3) is 0 Å². The van der Waals surface area contributed by atoms with E-state index >= 15 is 0 Å². The number of benzene rings is 1. The van der Waals surface area contributed by atoms with Crippen LogP contribution in [0.4, 0.5) is 13.2 Å². The summed E-state index contributed by atoms with van der Waals surface area (Å²) in [5.74, 6) is 0.654. The number of hydrogen-bond acceptors (Lipinski definition) is 4. The molecule has 0 bridgehead atoms. The maximum atomic E-state index is 12.8. The van der Waals surface area contributed by atoms with E-state index in [1.807, 2.05) is 0 Å². The van der Waals surface area contributed by atoms with Crippen molar-refractivity contribution in [2.24, 2.45) is 11.5 Å². The van der Waals surface area contributed by atoms with Crippen LogP contribution in [-0.2, 0) is 6.42 Å². The molecular formula is C14H16F3N3O. The van der Waals surface area contributed by atoms with E-state index in [0.717, 1.165) is 11.6 Å². The number of allylic oxidation sites excluding steroid dienone is 3. The number of rotatable bonds is 3. The number of halogens is 3. The second kappa shape index (κ2) is 5.33. The molecule has 7 heteroatoms. The topological polar surface area (TPSA) is 73.3 Å². The lowest BCUT2D eigenvalue weighted by Crippen LogP contribution is -2.60. The van der Waals surface area contributed by atoms with E-state index < -0.39 is 17.5 Å². The Labute approximate surface area is 120 Å². The molecule has 114 valence electrons. The standard InChI is InChI=1S/C14H16F3N3O/c1-21-10-4-2-9(3-5-10)8-13(19)11(18)6-7-12(20-13)14(15,16)17/h2-7,20H,8,18-19H2,1H3. The fourth-order valence-electron chi connectivity index (χ4n) is 2.05. The Morgan fingerprint density at radius 1 is 1.19 bits per heavy atom. The Hall–Kier alpha value is -2.15. The van der Waals surface area contributed by atoms with Crippen molar-refractivity contribution in [2.75, 3.05) is 7.11 Å². The Morgan fingerprint density at radius 3 is 2.33 bits per heavy atom. The summed E-state index contributed by atoms with van der Waals surface area (Å²) in [6.07, 6.45) is -2.31. The number of nitrogens with two attached hydrogens (primary N) is 2. The highest BCUT2D eigenvalue weighted by Gasteiger charge is 2.41. The maximum Gasteiger partial charge on any atom is 0.430 e. The molecule has 1 aromatic carbocycles. The fourth-order valence-corrected chi connectivity index (χ4v) is 2.05. The Balaban J connectivity index is 2.21. The second-order valence-corrected chi connectivity index (χ2v) is 4.82. The van der Waals surface area contributed by atoms with E-state index in [2.05, 4.69) is 5.32 Å². The molecule has 1 atom stereocenters. The van der Waals surface area contributed by atoms with Crippen LogP contribution in [0.15, 0.2) is 47.8 Å². The molecule has 5 N–H and O–H groups in total. The molecule has 1 heterocycles. The van der Waals surface area contributed by atoms with E-state index in [-0.39, 0.29) is 12.1 Å². The van der Waals surface area contributed by atoms with Gasteiger partial charge >= 0.3 is 6.18 Å². The van der Waals surface area contributed by atoms with Crippen molar-refractivity contribution < 1.29 is 17.9 Å². The highest BCUT2D eigenvalue weighted by molar-refractivity contribution is 5.36. The lowest BCUT2D eigenvalue weighted by atomic mass is 9.94. The van der Waals surface area contributed by atoms with Gasteiger partial charge in [0.05, 0.1) is 7.11 Å². The van der Waals surface area contributed by atoms with Gasteiger partial charge in [0.15, 0.2) is 0 Å². The van der Waals surface area contributed by atoms with Crippen LogP contribution in [-0.4, -0.2) is 18.9 Å². The van der Waals surface area contributed by atoms with Crippen LogP contribution >= 0.6 is 0 Å². The monoisotopic (exact) mass is 299 g/mol. The molecule has 0 fully saturated rings. The molecule has 21 heavy (non-hydrogen) atoms. The number of dihydropyridines is 1. The van der Waals surface area contributed by atoms with Crippen LogP contribution in [0, 0.1) is 0 Å². The number of ether oxygens (including phenoxy) is 1. The van der Waals surface area contributed by atoms with Gasteiger partial charge in [-0.15, -0.1) is 0 Å². The number of methoxy groups -OCH3 is 1. The minimum atomic E-state index is -4.50. The van der Waals surface area contributed by atoms with Crippen LogP contribution in [0.25, 0.3) is 0 Å². The first-order valence-electron chi connectivity index (χ1n) is 6.20. The molecule has 0 saturated heterocycles. The van der Waals surface area contributed by atoms with Crippen molar-refractivity contribution >= 4 is 0 Å². The summed E-state index contributed by atoms with van der Waals surface area (Å²) in [6.45, 7) is 0. The van der Waals surface area contributed by atoms with Crippen LogP contribution < -0.4 is 21.5 Å². The zero-order valence-electron chi connectivity index (χ0n) is 11.4. The van der Waals surface area contributed by atoms with Crippen molar-refractivity contribution in [2.45, 2.75) is 18.3 Å². The zero-order chi connectivity index (χ0) is 15.7. The van der Waals surface area contributed by atoms with Crippen molar-refractivity contribution in [3.63, 3.8) is 0 Å². The van der Waals surface area contributed by atoms with Gasteiger partial charge in [-0.1, -0.05) is 12.1 Å². The largest absolute Gasteiger partial charge is 0.497 e. The van der Waals surface area contributed by atoms with E-state index in [4.69, 9.17) is 16.2 Å². The highest BCUT2D eigenvalue weighted by Crippen LogP contribution is 2.29. The molecule has 0 aromatic heterocycles. The molecule has 0 radical (unpaired) electrons. The molecule has 0 amide bonds. The molecule has 0 saturated carbocycles. The predicted molar refractivity (Wildman–Crippen MR) is 73.2 cm³/mol. The number of hydrogen-bond donors (Lipinski definition) is 3. The van der Waals surface area contributed by atoms with Gasteiger partial charge in [-0.25, -0.2) is 0 Å². The number of alkyl halides is 3. The third-order valence-corrected chi connectivity index (χ3v) is 3.25. The lowest BCUT2D eigenvalue weighted by molar-refractivity contribution is -0.0994. The summed E-state index contributed by atoms with van der Waals surface area (Å²) in [5.41, 5.74) is 10.3. The van der Waals surface area contributed by atoms with Crippen LogP contribution in [0.1, 0.15) is 5.56 Å². The first-order valence-corrected chi connectivity index (χ1v) is 6.20. The van der Waals surface area contributed by atoms with Gasteiger partial charge in [-0.3, -0.25) is 0 Å². The van der Waals surface area contributed by atoms with E-state index in [1.54, 1.807) is 24.3 Å². The quantitative estimate of drug-likeness (QED) is 0.795. The Bertz CT molecular complexity index is 578. The second-order valence-electron chi connectivity index (χ2n) is 4.82. The van der Waals surface area contributed by atoms with E-state index in [0.29, 0.717) is 5.75 Å².